The fraction of sp³-hybridized carbons (Fsp3) is 0.158. The number of aryl methyl sites for hydroxylation is 3. The molecule has 0 aliphatic carbocycles. The van der Waals surface area contributed by atoms with Gasteiger partial charge in [0.15, 0.2) is 0 Å². The zero-order valence-electron chi connectivity index (χ0n) is 14.9. The maximum atomic E-state index is 12.5. The van der Waals surface area contributed by atoms with Crippen LogP contribution in [0.2, 0.25) is 10.2 Å². The Labute approximate surface area is 165 Å². The fourth-order valence-electron chi connectivity index (χ4n) is 2.71. The third-order valence-electron chi connectivity index (χ3n) is 4.07. The molecule has 136 valence electrons. The number of halogens is 2. The van der Waals surface area contributed by atoms with Crippen molar-refractivity contribution in [2.45, 2.75) is 20.8 Å². The normalized spacial score (nSPS) is 11.1. The number of aromatic nitrogens is 3. The van der Waals surface area contributed by atoms with Crippen LogP contribution in [-0.2, 0) is 0 Å². The minimum Gasteiger partial charge on any atom is -0.266 e. The summed E-state index contributed by atoms with van der Waals surface area (Å²) in [5.41, 5.74) is 2.76. The minimum atomic E-state index is -0.470. The lowest BCUT2D eigenvalue weighted by molar-refractivity contribution is 0.786. The fourth-order valence-corrected chi connectivity index (χ4v) is 3.22. The molecule has 0 amide bonds. The summed E-state index contributed by atoms with van der Waals surface area (Å²) < 4.78 is 2.73. The van der Waals surface area contributed by atoms with Crippen LogP contribution in [0.1, 0.15) is 28.1 Å². The van der Waals surface area contributed by atoms with E-state index in [0.717, 1.165) is 0 Å². The number of nitrogens with zero attached hydrogens (tertiary/aromatic N) is 5. The second-order valence-electron chi connectivity index (χ2n) is 6.00. The van der Waals surface area contributed by atoms with Crippen LogP contribution in [0.15, 0.2) is 40.2 Å². The van der Waals surface area contributed by atoms with Gasteiger partial charge in [-0.3, -0.25) is 4.79 Å². The highest BCUT2D eigenvalue weighted by Crippen LogP contribution is 2.23. The third kappa shape index (κ3) is 3.52. The summed E-state index contributed by atoms with van der Waals surface area (Å²) in [5.74, 6) is 0. The van der Waals surface area contributed by atoms with Gasteiger partial charge in [-0.25, -0.2) is 9.36 Å². The highest BCUT2D eigenvalue weighted by atomic mass is 35.5. The Kier molecular flexibility index (Phi) is 5.17. The zero-order chi connectivity index (χ0) is 19.7. The smallest absolute Gasteiger partial charge is 0.266 e. The molecule has 8 heteroatoms. The van der Waals surface area contributed by atoms with Gasteiger partial charge in [-0.05, 0) is 50.6 Å². The lowest BCUT2D eigenvalue weighted by Crippen LogP contribution is -2.22. The van der Waals surface area contributed by atoms with Crippen LogP contribution in [-0.4, -0.2) is 20.7 Å². The van der Waals surface area contributed by atoms with E-state index in [9.17, 15) is 10.1 Å². The van der Waals surface area contributed by atoms with Gasteiger partial charge in [0.1, 0.15) is 16.8 Å². The van der Waals surface area contributed by atoms with Crippen molar-refractivity contribution in [3.63, 3.8) is 0 Å². The number of benzene rings is 1. The Balaban J connectivity index is 2.08. The lowest BCUT2D eigenvalue weighted by Gasteiger charge is -2.06. The van der Waals surface area contributed by atoms with Crippen molar-refractivity contribution < 1.29 is 0 Å². The number of hydrogen-bond acceptors (Lipinski definition) is 4. The molecule has 0 fully saturated rings. The van der Waals surface area contributed by atoms with Gasteiger partial charge in [0.25, 0.3) is 5.56 Å². The standard InChI is InChI=1S/C19H15Cl2N5O/c1-11-7-12(2)25(19(27)16(11)9-22)23-10-17-13(3)24-26(18(17)21)15-6-4-5-14(20)8-15/h4-8,10H,1-3H3/b23-10+. The molecule has 0 aliphatic rings. The number of nitriles is 1. The zero-order valence-corrected chi connectivity index (χ0v) is 16.4. The average molecular weight is 400 g/mol. The van der Waals surface area contributed by atoms with E-state index in [2.05, 4.69) is 10.2 Å². The molecular formula is C19H15Cl2N5O. The largest absolute Gasteiger partial charge is 0.289 e. The van der Waals surface area contributed by atoms with Gasteiger partial charge in [-0.1, -0.05) is 29.3 Å². The van der Waals surface area contributed by atoms with Crippen molar-refractivity contribution in [3.05, 3.63) is 78.9 Å². The first-order valence-electron chi connectivity index (χ1n) is 8.02. The van der Waals surface area contributed by atoms with Crippen LogP contribution in [0, 0.1) is 32.1 Å². The van der Waals surface area contributed by atoms with E-state index in [0.29, 0.717) is 38.4 Å². The molecule has 2 heterocycles. The number of pyridine rings is 1. The summed E-state index contributed by atoms with van der Waals surface area (Å²) in [6.45, 7) is 5.26. The minimum absolute atomic E-state index is 0.0650. The van der Waals surface area contributed by atoms with E-state index in [4.69, 9.17) is 23.2 Å². The molecule has 0 radical (unpaired) electrons. The molecule has 0 saturated heterocycles. The Morgan fingerprint density at radius 2 is 1.96 bits per heavy atom. The molecule has 0 aliphatic heterocycles. The predicted octanol–water partition coefficient (Wildman–Crippen LogP) is 4.02. The molecule has 0 bridgehead atoms. The van der Waals surface area contributed by atoms with E-state index in [1.54, 1.807) is 49.7 Å². The quantitative estimate of drug-likeness (QED) is 0.624. The molecule has 27 heavy (non-hydrogen) atoms. The second kappa shape index (κ2) is 7.39. The summed E-state index contributed by atoms with van der Waals surface area (Å²) >= 11 is 12.5. The van der Waals surface area contributed by atoms with Gasteiger partial charge in [0.05, 0.1) is 23.2 Å². The molecule has 3 aromatic rings. The van der Waals surface area contributed by atoms with Crippen molar-refractivity contribution >= 4 is 29.4 Å². The van der Waals surface area contributed by atoms with Crippen molar-refractivity contribution in [2.24, 2.45) is 5.10 Å². The number of rotatable bonds is 3. The van der Waals surface area contributed by atoms with Crippen molar-refractivity contribution in [2.75, 3.05) is 0 Å². The monoisotopic (exact) mass is 399 g/mol. The molecule has 3 rings (SSSR count). The molecule has 6 nitrogen and oxygen atoms in total. The molecular weight excluding hydrogens is 385 g/mol. The van der Waals surface area contributed by atoms with Gasteiger partial charge in [-0.2, -0.15) is 15.5 Å². The summed E-state index contributed by atoms with van der Waals surface area (Å²) in [4.78, 5) is 12.5. The maximum Gasteiger partial charge on any atom is 0.289 e. The first-order valence-corrected chi connectivity index (χ1v) is 8.78. The summed E-state index contributed by atoms with van der Waals surface area (Å²) in [5, 5.41) is 18.7. The Morgan fingerprint density at radius 1 is 1.22 bits per heavy atom. The van der Waals surface area contributed by atoms with Gasteiger partial charge in [-0.15, -0.1) is 0 Å². The average Bonchev–Trinajstić information content (AvgIpc) is 2.89. The lowest BCUT2D eigenvalue weighted by atomic mass is 10.1. The number of hydrogen-bond donors (Lipinski definition) is 0. The topological polar surface area (TPSA) is 76.0 Å². The summed E-state index contributed by atoms with van der Waals surface area (Å²) in [6, 6.07) is 10.8. The molecule has 0 saturated carbocycles. The second-order valence-corrected chi connectivity index (χ2v) is 6.79. The Bertz CT molecular complexity index is 1170. The molecule has 0 spiro atoms. The molecule has 2 aromatic heterocycles. The Morgan fingerprint density at radius 3 is 2.63 bits per heavy atom. The SMILES string of the molecule is Cc1cc(C)n(/N=C/c2c(C)nn(-c3cccc(Cl)c3)c2Cl)c(=O)c1C#N. The van der Waals surface area contributed by atoms with Crippen molar-refractivity contribution in [1.29, 1.82) is 5.26 Å². The predicted molar refractivity (Wildman–Crippen MR) is 106 cm³/mol. The van der Waals surface area contributed by atoms with Gasteiger partial charge >= 0.3 is 0 Å². The van der Waals surface area contributed by atoms with E-state index >= 15 is 0 Å². The van der Waals surface area contributed by atoms with Gasteiger partial charge in [0.2, 0.25) is 0 Å². The molecule has 1 aromatic carbocycles. The van der Waals surface area contributed by atoms with E-state index < -0.39 is 5.56 Å². The van der Waals surface area contributed by atoms with Crippen LogP contribution in [0.25, 0.3) is 5.69 Å². The third-order valence-corrected chi connectivity index (χ3v) is 4.67. The Hall–Kier alpha value is -2.88. The van der Waals surface area contributed by atoms with Crippen molar-refractivity contribution in [3.8, 4) is 11.8 Å². The first kappa shape index (κ1) is 18.9. The highest BCUT2D eigenvalue weighted by Gasteiger charge is 2.14. The van der Waals surface area contributed by atoms with Gasteiger partial charge < -0.3 is 0 Å². The molecule has 0 N–H and O–H groups in total. The molecule has 0 unspecified atom stereocenters. The van der Waals surface area contributed by atoms with Crippen molar-refractivity contribution in [1.82, 2.24) is 14.5 Å². The van der Waals surface area contributed by atoms with Crippen LogP contribution in [0.5, 0.6) is 0 Å². The summed E-state index contributed by atoms with van der Waals surface area (Å²) in [6.07, 6.45) is 1.47. The van der Waals surface area contributed by atoms with Crippen LogP contribution < -0.4 is 5.56 Å². The van der Waals surface area contributed by atoms with Crippen LogP contribution >= 0.6 is 23.2 Å². The summed E-state index contributed by atoms with van der Waals surface area (Å²) in [7, 11) is 0. The van der Waals surface area contributed by atoms with E-state index in [1.807, 2.05) is 12.1 Å². The first-order chi connectivity index (χ1) is 12.8. The molecule has 0 atom stereocenters. The van der Waals surface area contributed by atoms with Gasteiger partial charge in [0, 0.05) is 10.7 Å². The van der Waals surface area contributed by atoms with Crippen LogP contribution in [0.3, 0.4) is 0 Å². The highest BCUT2D eigenvalue weighted by molar-refractivity contribution is 6.32. The van der Waals surface area contributed by atoms with Crippen LogP contribution in [0.4, 0.5) is 0 Å². The maximum absolute atomic E-state index is 12.5. The van der Waals surface area contributed by atoms with E-state index in [1.165, 1.54) is 10.9 Å². The van der Waals surface area contributed by atoms with E-state index in [-0.39, 0.29) is 5.56 Å².